The first-order chi connectivity index (χ1) is 21.0. The zero-order chi connectivity index (χ0) is 33.6. The van der Waals surface area contributed by atoms with Gasteiger partial charge in [0.05, 0.1) is 17.4 Å². The summed E-state index contributed by atoms with van der Waals surface area (Å²) in [5.74, 6) is -2.96. The van der Waals surface area contributed by atoms with Gasteiger partial charge in [0.15, 0.2) is 17.5 Å². The lowest BCUT2D eigenvalue weighted by atomic mass is 9.59. The van der Waals surface area contributed by atoms with Crippen LogP contribution in [0.2, 0.25) is 0 Å². The number of hydrogen-bond donors (Lipinski definition) is 3. The van der Waals surface area contributed by atoms with Crippen LogP contribution in [0.15, 0.2) is 23.3 Å². The standard InChI is InChI=1S/C37H58O8/c1-9-10-11-12-13-14-15-16-17-18-27(39)45-36-21-24(3)35-20-23(2)31(44-32(42)33(4,5)6)37(35,43)29(40)25(22-38)19-26(30(35)41)28(36)34(36,7)8/h19-20,24,26,28-29,31,38,40,43H,9-18,21-22H2,1-8H3/t24?,26-,28+,29+,31-,35?,36-,37-/m0/s1. The van der Waals surface area contributed by atoms with E-state index in [0.717, 1.165) is 19.3 Å². The Bertz CT molecular complexity index is 1210. The van der Waals surface area contributed by atoms with Crippen LogP contribution in [0.3, 0.4) is 0 Å². The van der Waals surface area contributed by atoms with Crippen molar-refractivity contribution in [2.45, 2.75) is 149 Å². The van der Waals surface area contributed by atoms with E-state index in [0.29, 0.717) is 18.4 Å². The first-order valence-corrected chi connectivity index (χ1v) is 17.4. The summed E-state index contributed by atoms with van der Waals surface area (Å²) >= 11 is 0. The van der Waals surface area contributed by atoms with Crippen LogP contribution in [-0.4, -0.2) is 63.1 Å². The Labute approximate surface area is 270 Å². The molecule has 4 rings (SSSR count). The normalized spacial score (nSPS) is 36.6. The number of unbranched alkanes of at least 4 members (excludes halogenated alkanes) is 8. The van der Waals surface area contributed by atoms with Crippen molar-refractivity contribution in [2.24, 2.45) is 34.0 Å². The van der Waals surface area contributed by atoms with Gasteiger partial charge in [0.1, 0.15) is 11.7 Å². The maximum atomic E-state index is 14.8. The fraction of sp³-hybridized carbons (Fsp3) is 0.811. The summed E-state index contributed by atoms with van der Waals surface area (Å²) in [5.41, 5.74) is -5.69. The van der Waals surface area contributed by atoms with Gasteiger partial charge in [0.25, 0.3) is 0 Å². The minimum atomic E-state index is -2.25. The van der Waals surface area contributed by atoms with E-state index in [1.807, 2.05) is 20.8 Å². The molecule has 0 aromatic heterocycles. The van der Waals surface area contributed by atoms with Gasteiger partial charge in [0, 0.05) is 23.7 Å². The molecule has 4 aliphatic carbocycles. The average Bonchev–Trinajstić information content (AvgIpc) is 3.35. The predicted molar refractivity (Wildman–Crippen MR) is 172 cm³/mol. The number of rotatable bonds is 13. The minimum absolute atomic E-state index is 0.101. The Hall–Kier alpha value is -2.03. The summed E-state index contributed by atoms with van der Waals surface area (Å²) in [4.78, 5) is 41.3. The van der Waals surface area contributed by atoms with Crippen LogP contribution in [0.25, 0.3) is 0 Å². The van der Waals surface area contributed by atoms with Gasteiger partial charge in [-0.25, -0.2) is 0 Å². The highest BCUT2D eigenvalue weighted by atomic mass is 16.6. The highest BCUT2D eigenvalue weighted by Gasteiger charge is 2.83. The zero-order valence-corrected chi connectivity index (χ0v) is 28.9. The second kappa shape index (κ2) is 12.9. The maximum absolute atomic E-state index is 14.8. The number of hydrogen-bond acceptors (Lipinski definition) is 8. The Balaban J connectivity index is 1.60. The lowest BCUT2D eigenvalue weighted by Crippen LogP contribution is -2.66. The van der Waals surface area contributed by atoms with Crippen LogP contribution < -0.4 is 0 Å². The summed E-state index contributed by atoms with van der Waals surface area (Å²) in [6.45, 7) is 14.3. The Kier molecular flexibility index (Phi) is 10.2. The van der Waals surface area contributed by atoms with Gasteiger partial charge in [-0.05, 0) is 57.6 Å². The molecule has 45 heavy (non-hydrogen) atoms. The van der Waals surface area contributed by atoms with Crippen molar-refractivity contribution in [1.29, 1.82) is 0 Å². The fourth-order valence-corrected chi connectivity index (χ4v) is 9.01. The highest BCUT2D eigenvalue weighted by Crippen LogP contribution is 2.75. The van der Waals surface area contributed by atoms with Crippen molar-refractivity contribution >= 4 is 17.7 Å². The molecule has 1 spiro atoms. The zero-order valence-electron chi connectivity index (χ0n) is 28.9. The minimum Gasteiger partial charge on any atom is -0.458 e. The van der Waals surface area contributed by atoms with Gasteiger partial charge in [-0.3, -0.25) is 14.4 Å². The largest absolute Gasteiger partial charge is 0.458 e. The van der Waals surface area contributed by atoms with Crippen LogP contribution in [0.5, 0.6) is 0 Å². The van der Waals surface area contributed by atoms with Gasteiger partial charge in [-0.15, -0.1) is 0 Å². The maximum Gasteiger partial charge on any atom is 0.311 e. The topological polar surface area (TPSA) is 130 Å². The van der Waals surface area contributed by atoms with E-state index in [1.54, 1.807) is 39.8 Å². The van der Waals surface area contributed by atoms with E-state index in [4.69, 9.17) is 9.47 Å². The summed E-state index contributed by atoms with van der Waals surface area (Å²) in [6, 6.07) is 0. The number of allylic oxidation sites excluding steroid dienone is 1. The van der Waals surface area contributed by atoms with E-state index in [-0.39, 0.29) is 17.3 Å². The molecule has 8 nitrogen and oxygen atoms in total. The van der Waals surface area contributed by atoms with Crippen molar-refractivity contribution in [3.63, 3.8) is 0 Å². The number of carbonyl (C=O) groups excluding carboxylic acids is 3. The molecule has 0 saturated heterocycles. The quantitative estimate of drug-likeness (QED) is 0.128. The number of esters is 2. The third kappa shape index (κ3) is 5.75. The third-order valence-corrected chi connectivity index (χ3v) is 11.6. The van der Waals surface area contributed by atoms with Gasteiger partial charge in [0.2, 0.25) is 0 Å². The van der Waals surface area contributed by atoms with Gasteiger partial charge in [-0.2, -0.15) is 0 Å². The van der Waals surface area contributed by atoms with E-state index < -0.39 is 70.0 Å². The van der Waals surface area contributed by atoms with Crippen LogP contribution in [0.4, 0.5) is 0 Å². The lowest BCUT2D eigenvalue weighted by molar-refractivity contribution is -0.208. The third-order valence-electron chi connectivity index (χ3n) is 11.6. The number of ether oxygens (including phenoxy) is 2. The number of aliphatic hydroxyl groups excluding tert-OH is 2. The second-order valence-electron chi connectivity index (χ2n) is 16.1. The molecule has 254 valence electrons. The van der Waals surface area contributed by atoms with Crippen molar-refractivity contribution in [3.05, 3.63) is 23.3 Å². The average molecular weight is 631 g/mol. The van der Waals surface area contributed by atoms with E-state index in [2.05, 4.69) is 6.92 Å². The molecule has 0 aromatic rings. The first-order valence-electron chi connectivity index (χ1n) is 17.4. The van der Waals surface area contributed by atoms with E-state index in [9.17, 15) is 29.7 Å². The molecule has 4 aliphatic rings. The van der Waals surface area contributed by atoms with Crippen LogP contribution in [-0.2, 0) is 23.9 Å². The highest BCUT2D eigenvalue weighted by molar-refractivity contribution is 5.96. The molecular formula is C37H58O8. The van der Waals surface area contributed by atoms with Crippen LogP contribution >= 0.6 is 0 Å². The molecule has 2 saturated carbocycles. The smallest absolute Gasteiger partial charge is 0.311 e. The molecule has 0 radical (unpaired) electrons. The SMILES string of the molecule is CCCCCCCCCCCC(=O)O[C@@]12CC(C)C34C=C(C)[C@H](OC(=O)C(C)(C)C)[C@@]3(O)[C@H](O)C(CO)=C[C@H](C4=O)[C@@H]1C2(C)C. The van der Waals surface area contributed by atoms with E-state index >= 15 is 0 Å². The molecule has 0 aliphatic heterocycles. The molecule has 0 heterocycles. The molecule has 3 N–H and O–H groups in total. The molecular weight excluding hydrogens is 572 g/mol. The first kappa shape index (κ1) is 35.8. The summed E-state index contributed by atoms with van der Waals surface area (Å²) in [6.07, 6.45) is 11.2. The number of carbonyl (C=O) groups is 3. The number of ketones is 1. The Morgan fingerprint density at radius 1 is 1.02 bits per heavy atom. The molecule has 2 bridgehead atoms. The predicted octanol–water partition coefficient (Wildman–Crippen LogP) is 6.00. The van der Waals surface area contributed by atoms with Gasteiger partial charge >= 0.3 is 11.9 Å². The number of fused-ring (bicyclic) bond motifs is 3. The van der Waals surface area contributed by atoms with Gasteiger partial charge < -0.3 is 24.8 Å². The molecule has 0 amide bonds. The summed E-state index contributed by atoms with van der Waals surface area (Å²) in [7, 11) is 0. The van der Waals surface area contributed by atoms with Crippen LogP contribution in [0, 0.1) is 34.0 Å². The molecule has 2 unspecified atom stereocenters. The summed E-state index contributed by atoms with van der Waals surface area (Å²) in [5, 5.41) is 34.8. The molecule has 8 atom stereocenters. The van der Waals surface area contributed by atoms with Crippen molar-refractivity contribution in [2.75, 3.05) is 6.61 Å². The lowest BCUT2D eigenvalue weighted by Gasteiger charge is -2.49. The monoisotopic (exact) mass is 630 g/mol. The molecule has 2 fully saturated rings. The van der Waals surface area contributed by atoms with Crippen molar-refractivity contribution < 1.29 is 39.2 Å². The fourth-order valence-electron chi connectivity index (χ4n) is 9.01. The van der Waals surface area contributed by atoms with Crippen molar-refractivity contribution in [3.8, 4) is 0 Å². The Morgan fingerprint density at radius 2 is 1.60 bits per heavy atom. The van der Waals surface area contributed by atoms with Gasteiger partial charge in [-0.1, -0.05) is 91.2 Å². The number of aliphatic hydroxyl groups is 3. The summed E-state index contributed by atoms with van der Waals surface area (Å²) < 4.78 is 12.3. The Morgan fingerprint density at radius 3 is 2.16 bits per heavy atom. The van der Waals surface area contributed by atoms with Crippen LogP contribution in [0.1, 0.15) is 126 Å². The van der Waals surface area contributed by atoms with Crippen molar-refractivity contribution in [1.82, 2.24) is 0 Å². The number of Topliss-reactive ketones (excluding diaryl/α,β-unsaturated/α-hetero) is 1. The molecule has 8 heteroatoms. The molecule has 0 aromatic carbocycles. The second-order valence-corrected chi connectivity index (χ2v) is 16.1. The van der Waals surface area contributed by atoms with E-state index in [1.165, 1.54) is 38.5 Å².